The van der Waals surface area contributed by atoms with Crippen molar-refractivity contribution in [3.05, 3.63) is 33.8 Å². The quantitative estimate of drug-likeness (QED) is 0.759. The molecule has 0 aliphatic rings. The lowest BCUT2D eigenvalue weighted by Gasteiger charge is -2.08. The first kappa shape index (κ1) is 13.8. The molecule has 0 aliphatic carbocycles. The molecule has 2 nitrogen and oxygen atoms in total. The number of hydrogen-bond acceptors (Lipinski definition) is 2. The van der Waals surface area contributed by atoms with Gasteiger partial charge in [-0.1, -0.05) is 29.3 Å². The predicted molar refractivity (Wildman–Crippen MR) is 69.3 cm³/mol. The molecule has 16 heavy (non-hydrogen) atoms. The normalized spacial score (nSPS) is 10.7. The Balaban J connectivity index is 2.26. The standard InChI is InChI=1S/C12H17Cl2NO/c1-16-8-3-2-7-15-9-10-11(13)5-4-6-12(10)14/h4-6,15H,2-3,7-9H2,1H3. The molecule has 0 atom stereocenters. The zero-order chi connectivity index (χ0) is 11.8. The van der Waals surface area contributed by atoms with Gasteiger partial charge in [-0.05, 0) is 31.5 Å². The van der Waals surface area contributed by atoms with Gasteiger partial charge < -0.3 is 10.1 Å². The molecule has 1 aromatic carbocycles. The molecule has 0 bridgehead atoms. The molecule has 0 saturated heterocycles. The van der Waals surface area contributed by atoms with Crippen molar-refractivity contribution in [2.75, 3.05) is 20.3 Å². The third-order valence-corrected chi connectivity index (χ3v) is 3.02. The van der Waals surface area contributed by atoms with E-state index in [1.807, 2.05) is 18.2 Å². The van der Waals surface area contributed by atoms with Crippen LogP contribution in [-0.4, -0.2) is 20.3 Å². The Kier molecular flexibility index (Phi) is 6.81. The van der Waals surface area contributed by atoms with E-state index in [9.17, 15) is 0 Å². The largest absolute Gasteiger partial charge is 0.385 e. The van der Waals surface area contributed by atoms with Crippen molar-refractivity contribution < 1.29 is 4.74 Å². The summed E-state index contributed by atoms with van der Waals surface area (Å²) in [6.07, 6.45) is 2.16. The lowest BCUT2D eigenvalue weighted by atomic mass is 10.2. The number of methoxy groups -OCH3 is 1. The molecule has 0 heterocycles. The van der Waals surface area contributed by atoms with Crippen molar-refractivity contribution >= 4 is 23.2 Å². The molecule has 0 radical (unpaired) electrons. The van der Waals surface area contributed by atoms with Gasteiger partial charge in [-0.15, -0.1) is 0 Å². The van der Waals surface area contributed by atoms with Gasteiger partial charge in [0.2, 0.25) is 0 Å². The second-order valence-electron chi connectivity index (χ2n) is 3.58. The summed E-state index contributed by atoms with van der Waals surface area (Å²) < 4.78 is 4.97. The van der Waals surface area contributed by atoms with Crippen LogP contribution in [0.15, 0.2) is 18.2 Å². The summed E-state index contributed by atoms with van der Waals surface area (Å²) in [5, 5.41) is 4.76. The fraction of sp³-hybridized carbons (Fsp3) is 0.500. The second kappa shape index (κ2) is 7.91. The first-order valence-corrected chi connectivity index (χ1v) is 6.14. The van der Waals surface area contributed by atoms with Gasteiger partial charge in [0.15, 0.2) is 0 Å². The summed E-state index contributed by atoms with van der Waals surface area (Å²) >= 11 is 12.1. The molecule has 0 aromatic heterocycles. The van der Waals surface area contributed by atoms with Gasteiger partial charge >= 0.3 is 0 Å². The molecule has 90 valence electrons. The van der Waals surface area contributed by atoms with E-state index >= 15 is 0 Å². The number of rotatable bonds is 7. The van der Waals surface area contributed by atoms with Gasteiger partial charge in [0.1, 0.15) is 0 Å². The monoisotopic (exact) mass is 261 g/mol. The average Bonchev–Trinajstić information content (AvgIpc) is 2.26. The molecule has 1 rings (SSSR count). The molecule has 0 saturated carbocycles. The Morgan fingerprint density at radius 2 is 1.88 bits per heavy atom. The van der Waals surface area contributed by atoms with Crippen LogP contribution in [0.5, 0.6) is 0 Å². The number of nitrogens with one attached hydrogen (secondary N) is 1. The SMILES string of the molecule is COCCCCNCc1c(Cl)cccc1Cl. The van der Waals surface area contributed by atoms with Crippen LogP contribution in [0.25, 0.3) is 0 Å². The first-order chi connectivity index (χ1) is 7.75. The van der Waals surface area contributed by atoms with Gasteiger partial charge in [0, 0.05) is 35.9 Å². The predicted octanol–water partition coefficient (Wildman–Crippen LogP) is 3.51. The lowest BCUT2D eigenvalue weighted by molar-refractivity contribution is 0.192. The highest BCUT2D eigenvalue weighted by atomic mass is 35.5. The van der Waals surface area contributed by atoms with E-state index in [0.29, 0.717) is 6.54 Å². The molecule has 1 aromatic rings. The highest BCUT2D eigenvalue weighted by Gasteiger charge is 2.03. The van der Waals surface area contributed by atoms with Crippen molar-refractivity contribution in [3.63, 3.8) is 0 Å². The number of unbranched alkanes of at least 4 members (excludes halogenated alkanes) is 1. The van der Waals surface area contributed by atoms with E-state index in [-0.39, 0.29) is 0 Å². The van der Waals surface area contributed by atoms with Crippen LogP contribution in [0, 0.1) is 0 Å². The van der Waals surface area contributed by atoms with E-state index in [1.165, 1.54) is 0 Å². The fourth-order valence-electron chi connectivity index (χ4n) is 1.41. The van der Waals surface area contributed by atoms with Crippen molar-refractivity contribution in [2.24, 2.45) is 0 Å². The minimum Gasteiger partial charge on any atom is -0.385 e. The van der Waals surface area contributed by atoms with Crippen LogP contribution >= 0.6 is 23.2 Å². The smallest absolute Gasteiger partial charge is 0.0465 e. The first-order valence-electron chi connectivity index (χ1n) is 5.38. The second-order valence-corrected chi connectivity index (χ2v) is 4.39. The third-order valence-electron chi connectivity index (χ3n) is 2.32. The molecule has 0 fully saturated rings. The number of hydrogen-bond donors (Lipinski definition) is 1. The zero-order valence-corrected chi connectivity index (χ0v) is 10.9. The molecule has 0 spiro atoms. The van der Waals surface area contributed by atoms with E-state index in [2.05, 4.69) is 5.32 Å². The van der Waals surface area contributed by atoms with Crippen LogP contribution < -0.4 is 5.32 Å². The molecule has 0 amide bonds. The van der Waals surface area contributed by atoms with E-state index < -0.39 is 0 Å². The Labute approximate surface area is 107 Å². The maximum Gasteiger partial charge on any atom is 0.0465 e. The third kappa shape index (κ3) is 4.71. The van der Waals surface area contributed by atoms with Crippen molar-refractivity contribution in [1.82, 2.24) is 5.32 Å². The number of benzene rings is 1. The highest BCUT2D eigenvalue weighted by Crippen LogP contribution is 2.23. The maximum atomic E-state index is 6.05. The van der Waals surface area contributed by atoms with Gasteiger partial charge in [0.25, 0.3) is 0 Å². The molecular weight excluding hydrogens is 245 g/mol. The van der Waals surface area contributed by atoms with Gasteiger partial charge in [-0.25, -0.2) is 0 Å². The van der Waals surface area contributed by atoms with Crippen LogP contribution in [0.3, 0.4) is 0 Å². The van der Waals surface area contributed by atoms with Crippen LogP contribution in [0.1, 0.15) is 18.4 Å². The minimum atomic E-state index is 0.714. The van der Waals surface area contributed by atoms with Gasteiger partial charge in [-0.3, -0.25) is 0 Å². The summed E-state index contributed by atoms with van der Waals surface area (Å²) in [6.45, 7) is 2.48. The average molecular weight is 262 g/mol. The summed E-state index contributed by atoms with van der Waals surface area (Å²) in [7, 11) is 1.72. The summed E-state index contributed by atoms with van der Waals surface area (Å²) in [5.74, 6) is 0. The van der Waals surface area contributed by atoms with Crippen molar-refractivity contribution in [1.29, 1.82) is 0 Å². The summed E-state index contributed by atoms with van der Waals surface area (Å²) in [6, 6.07) is 5.57. The van der Waals surface area contributed by atoms with Crippen LogP contribution in [-0.2, 0) is 11.3 Å². The van der Waals surface area contributed by atoms with Crippen LogP contribution in [0.4, 0.5) is 0 Å². The Hall–Kier alpha value is -0.280. The minimum absolute atomic E-state index is 0.714. The highest BCUT2D eigenvalue weighted by molar-refractivity contribution is 6.35. The molecule has 0 unspecified atom stereocenters. The Morgan fingerprint density at radius 3 is 2.50 bits per heavy atom. The van der Waals surface area contributed by atoms with E-state index in [1.54, 1.807) is 7.11 Å². The van der Waals surface area contributed by atoms with E-state index in [0.717, 1.165) is 41.6 Å². The van der Waals surface area contributed by atoms with Crippen molar-refractivity contribution in [3.8, 4) is 0 Å². The van der Waals surface area contributed by atoms with Gasteiger partial charge in [0.05, 0.1) is 0 Å². The molecule has 0 aliphatic heterocycles. The molecular formula is C12H17Cl2NO. The lowest BCUT2D eigenvalue weighted by Crippen LogP contribution is -2.15. The number of halogens is 2. The van der Waals surface area contributed by atoms with Crippen LogP contribution in [0.2, 0.25) is 10.0 Å². The Bertz CT molecular complexity index is 298. The topological polar surface area (TPSA) is 21.3 Å². The zero-order valence-electron chi connectivity index (χ0n) is 9.43. The molecule has 1 N–H and O–H groups in total. The Morgan fingerprint density at radius 1 is 1.19 bits per heavy atom. The van der Waals surface area contributed by atoms with Gasteiger partial charge in [-0.2, -0.15) is 0 Å². The molecule has 4 heteroatoms. The van der Waals surface area contributed by atoms with E-state index in [4.69, 9.17) is 27.9 Å². The fourth-order valence-corrected chi connectivity index (χ4v) is 1.94. The number of ether oxygens (including phenoxy) is 1. The maximum absolute atomic E-state index is 6.05. The summed E-state index contributed by atoms with van der Waals surface area (Å²) in [5.41, 5.74) is 0.970. The summed E-state index contributed by atoms with van der Waals surface area (Å²) in [4.78, 5) is 0. The van der Waals surface area contributed by atoms with Crippen molar-refractivity contribution in [2.45, 2.75) is 19.4 Å².